The van der Waals surface area contributed by atoms with Crippen LogP contribution >= 0.6 is 0 Å². The highest BCUT2D eigenvalue weighted by molar-refractivity contribution is 7.92. The first-order valence-corrected chi connectivity index (χ1v) is 19.0. The number of likely N-dealkylation sites (N-methyl/N-ethyl adjacent to an activating group) is 1. The van der Waals surface area contributed by atoms with Crippen LogP contribution in [0, 0.1) is 11.7 Å². The van der Waals surface area contributed by atoms with Crippen molar-refractivity contribution in [3.05, 3.63) is 71.0 Å². The Hall–Kier alpha value is -5.35. The number of hydrogen-bond donors (Lipinski definition) is 3. The molecule has 5 amide bonds. The van der Waals surface area contributed by atoms with Gasteiger partial charge in [0.25, 0.3) is 5.91 Å². The van der Waals surface area contributed by atoms with Crippen LogP contribution in [-0.2, 0) is 34.2 Å². The summed E-state index contributed by atoms with van der Waals surface area (Å²) in [6.45, 7) is 1.71. The summed E-state index contributed by atoms with van der Waals surface area (Å²) in [6, 6.07) is 12.2. The highest BCUT2D eigenvalue weighted by atomic mass is 32.2. The van der Waals surface area contributed by atoms with Gasteiger partial charge < -0.3 is 14.9 Å². The second-order valence-electron chi connectivity index (χ2n) is 14.3. The Kier molecular flexibility index (Phi) is 8.48. The molecule has 2 atom stereocenters. The maximum atomic E-state index is 15.8. The summed E-state index contributed by atoms with van der Waals surface area (Å²) in [4.78, 5) is 68.2. The third-order valence-corrected chi connectivity index (χ3v) is 12.6. The molecule has 2 unspecified atom stereocenters. The summed E-state index contributed by atoms with van der Waals surface area (Å²) in [6.07, 6.45) is 4.11. The Balaban J connectivity index is 0.890. The number of anilines is 2. The van der Waals surface area contributed by atoms with Crippen molar-refractivity contribution in [2.75, 3.05) is 55.5 Å². The van der Waals surface area contributed by atoms with Crippen molar-refractivity contribution in [3.8, 4) is 5.75 Å². The first-order valence-electron chi connectivity index (χ1n) is 17.5. The van der Waals surface area contributed by atoms with Gasteiger partial charge in [0, 0.05) is 37.6 Å². The number of aromatic hydroxyl groups is 1. The molecule has 276 valence electrons. The molecule has 0 aliphatic carbocycles. The minimum absolute atomic E-state index is 0.0394. The number of carbonyl (C=O) groups is 5. The summed E-state index contributed by atoms with van der Waals surface area (Å²) >= 11 is 0. The Labute approximate surface area is 304 Å². The maximum Gasteiger partial charge on any atom is 0.326 e. The largest absolute Gasteiger partial charge is 0.506 e. The summed E-state index contributed by atoms with van der Waals surface area (Å²) in [5.74, 6) is -4.27. The van der Waals surface area contributed by atoms with Crippen LogP contribution in [0.15, 0.2) is 48.5 Å². The number of likely N-dealkylation sites (tertiary alicyclic amines) is 1. The molecule has 0 saturated carbocycles. The van der Waals surface area contributed by atoms with Crippen LogP contribution in [0.25, 0.3) is 16.3 Å². The van der Waals surface area contributed by atoms with E-state index in [1.165, 1.54) is 6.07 Å². The van der Waals surface area contributed by atoms with Crippen molar-refractivity contribution in [1.29, 1.82) is 0 Å². The lowest BCUT2D eigenvalue weighted by Crippen LogP contribution is -2.44. The fourth-order valence-corrected chi connectivity index (χ4v) is 9.49. The van der Waals surface area contributed by atoms with Gasteiger partial charge in [0.2, 0.25) is 23.6 Å². The first kappa shape index (κ1) is 34.7. The number of phenols is 1. The van der Waals surface area contributed by atoms with Crippen molar-refractivity contribution < 1.29 is 41.9 Å². The molecule has 0 radical (unpaired) electrons. The molecule has 8 rings (SSSR count). The van der Waals surface area contributed by atoms with Crippen LogP contribution in [0.2, 0.25) is 0 Å². The quantitative estimate of drug-likeness (QED) is 0.319. The number of nitrogens with zero attached hydrogens (tertiary/aromatic N) is 4. The van der Waals surface area contributed by atoms with Gasteiger partial charge >= 0.3 is 10.2 Å². The number of nitrogens with one attached hydrogen (secondary N) is 2. The first-order chi connectivity index (χ1) is 25.3. The highest BCUT2D eigenvalue weighted by Crippen LogP contribution is 2.45. The average molecular weight is 745 g/mol. The summed E-state index contributed by atoms with van der Waals surface area (Å²) in [5, 5.41) is 13.3. The lowest BCUT2D eigenvalue weighted by atomic mass is 9.80. The molecule has 5 aliphatic rings. The second-order valence-corrected chi connectivity index (χ2v) is 15.9. The van der Waals surface area contributed by atoms with E-state index in [1.807, 2.05) is 24.3 Å². The van der Waals surface area contributed by atoms with Gasteiger partial charge in [-0.2, -0.15) is 8.42 Å². The van der Waals surface area contributed by atoms with Gasteiger partial charge in [-0.15, -0.1) is 0 Å². The van der Waals surface area contributed by atoms with E-state index < -0.39 is 57.7 Å². The SMILES string of the molecule is CN1C(=O)C(C2CCC(=O)NC2=O)c2ccc(C3CCN(CC(=O)N4CC=C(c5ccc6cc(O)c(N7CC(=O)NS7(=O)=O)c(F)c6c5)C4)CC3)cc21. The standard InChI is InChI=1S/C37H37FN6O8S/c1-41-28-15-22(4-5-25(28)33(37(41)50)26-6-7-30(46)39-36(26)49)20-8-11-42(12-9-20)19-32(48)43-13-10-24(17-43)21-2-3-23-16-29(45)35(34(38)27(23)14-21)44-18-31(47)40-53(44,51)52/h2-5,10,14-16,20,26,33,45H,6-9,11-13,17-19H2,1H3,(H,40,47)(H,39,46,49). The Bertz CT molecular complexity index is 2270. The molecule has 3 N–H and O–H groups in total. The number of piperidine rings is 2. The van der Waals surface area contributed by atoms with Crippen LogP contribution in [0.4, 0.5) is 15.8 Å². The van der Waals surface area contributed by atoms with Gasteiger partial charge in [-0.25, -0.2) is 13.4 Å². The number of hydrogen-bond acceptors (Lipinski definition) is 9. The van der Waals surface area contributed by atoms with Gasteiger partial charge in [-0.3, -0.25) is 34.2 Å². The zero-order valence-electron chi connectivity index (χ0n) is 28.8. The van der Waals surface area contributed by atoms with E-state index in [1.54, 1.807) is 39.8 Å². The van der Waals surface area contributed by atoms with E-state index in [0.717, 1.165) is 35.2 Å². The molecular weight excluding hydrogens is 708 g/mol. The number of phenolic OH excluding ortho intramolecular Hbond substituents is 1. The minimum atomic E-state index is -4.35. The maximum absolute atomic E-state index is 15.8. The monoisotopic (exact) mass is 744 g/mol. The molecule has 3 aromatic carbocycles. The fourth-order valence-electron chi connectivity index (χ4n) is 8.33. The molecule has 5 aliphatic heterocycles. The molecule has 14 nitrogen and oxygen atoms in total. The number of amides is 5. The van der Waals surface area contributed by atoms with E-state index in [2.05, 4.69) is 10.2 Å². The number of fused-ring (bicyclic) bond motifs is 2. The molecule has 3 aromatic rings. The average Bonchev–Trinajstić information content (AvgIpc) is 3.79. The molecule has 16 heteroatoms. The van der Waals surface area contributed by atoms with Gasteiger partial charge in [-0.05, 0) is 84.1 Å². The molecule has 5 heterocycles. The lowest BCUT2D eigenvalue weighted by molar-refractivity contribution is -0.139. The predicted octanol–water partition coefficient (Wildman–Crippen LogP) is 2.08. The topological polar surface area (TPSA) is 177 Å². The van der Waals surface area contributed by atoms with Crippen molar-refractivity contribution in [2.45, 2.75) is 37.5 Å². The van der Waals surface area contributed by atoms with Crippen LogP contribution in [0.3, 0.4) is 0 Å². The number of imide groups is 1. The lowest BCUT2D eigenvalue weighted by Gasteiger charge is -2.33. The van der Waals surface area contributed by atoms with E-state index in [4.69, 9.17) is 0 Å². The van der Waals surface area contributed by atoms with Crippen molar-refractivity contribution in [1.82, 2.24) is 19.8 Å². The predicted molar refractivity (Wildman–Crippen MR) is 191 cm³/mol. The van der Waals surface area contributed by atoms with E-state index in [9.17, 15) is 37.5 Å². The van der Waals surface area contributed by atoms with Crippen molar-refractivity contribution >= 4 is 67.5 Å². The fraction of sp³-hybridized carbons (Fsp3) is 0.378. The second kappa shape index (κ2) is 12.9. The van der Waals surface area contributed by atoms with E-state index in [-0.39, 0.29) is 42.0 Å². The van der Waals surface area contributed by atoms with Gasteiger partial charge in [0.05, 0.1) is 18.4 Å². The normalized spacial score (nSPS) is 23.4. The molecule has 3 saturated heterocycles. The molecule has 3 fully saturated rings. The summed E-state index contributed by atoms with van der Waals surface area (Å²) in [5.41, 5.74) is 3.55. The molecule has 0 bridgehead atoms. The number of rotatable bonds is 6. The third-order valence-electron chi connectivity index (χ3n) is 11.2. The summed E-state index contributed by atoms with van der Waals surface area (Å²) in [7, 11) is -2.63. The smallest absolute Gasteiger partial charge is 0.326 e. The van der Waals surface area contributed by atoms with Gasteiger partial charge in [0.15, 0.2) is 5.82 Å². The van der Waals surface area contributed by atoms with Crippen LogP contribution in [0.5, 0.6) is 5.75 Å². The Morgan fingerprint density at radius 1 is 0.981 bits per heavy atom. The Morgan fingerprint density at radius 2 is 1.75 bits per heavy atom. The molecule has 53 heavy (non-hydrogen) atoms. The van der Waals surface area contributed by atoms with E-state index in [0.29, 0.717) is 47.9 Å². The number of benzene rings is 3. The zero-order valence-corrected chi connectivity index (χ0v) is 29.6. The van der Waals surface area contributed by atoms with Crippen LogP contribution in [0.1, 0.15) is 54.2 Å². The minimum Gasteiger partial charge on any atom is -0.506 e. The van der Waals surface area contributed by atoms with Crippen molar-refractivity contribution in [3.63, 3.8) is 0 Å². The van der Waals surface area contributed by atoms with Crippen LogP contribution in [-0.4, -0.2) is 99.2 Å². The molecule has 0 aromatic heterocycles. The number of carbonyl (C=O) groups excluding carboxylic acids is 5. The van der Waals surface area contributed by atoms with E-state index >= 15 is 4.39 Å². The zero-order chi connectivity index (χ0) is 37.3. The van der Waals surface area contributed by atoms with Gasteiger partial charge in [0.1, 0.15) is 18.0 Å². The molecule has 0 spiro atoms. The Morgan fingerprint density at radius 3 is 2.47 bits per heavy atom. The molecular formula is C37H37FN6O8S. The van der Waals surface area contributed by atoms with Crippen molar-refractivity contribution in [2.24, 2.45) is 5.92 Å². The summed E-state index contributed by atoms with van der Waals surface area (Å²) < 4.78 is 42.8. The third kappa shape index (κ3) is 6.08. The van der Waals surface area contributed by atoms with Crippen LogP contribution < -0.4 is 19.2 Å². The van der Waals surface area contributed by atoms with Gasteiger partial charge in [-0.1, -0.05) is 30.3 Å². The number of halogens is 1. The highest BCUT2D eigenvalue weighted by Gasteiger charge is 2.45.